The van der Waals surface area contributed by atoms with Crippen LogP contribution in [0.1, 0.15) is 26.7 Å². The summed E-state index contributed by atoms with van der Waals surface area (Å²) < 4.78 is 0. The van der Waals surface area contributed by atoms with Crippen molar-refractivity contribution in [2.24, 2.45) is 11.3 Å². The maximum absolute atomic E-state index is 11.5. The van der Waals surface area contributed by atoms with Crippen molar-refractivity contribution in [1.29, 1.82) is 0 Å². The van der Waals surface area contributed by atoms with Crippen LogP contribution in [-0.2, 0) is 14.4 Å². The second-order valence-corrected chi connectivity index (χ2v) is 4.74. The van der Waals surface area contributed by atoms with Crippen LogP contribution in [0.25, 0.3) is 0 Å². The fraction of sp³-hybridized carbons (Fsp3) is 0.700. The predicted octanol–water partition coefficient (Wildman–Crippen LogP) is 0.0766. The van der Waals surface area contributed by atoms with Gasteiger partial charge in [-0.1, -0.05) is 13.8 Å². The minimum Gasteiger partial charge on any atom is -0.481 e. The number of hydrogen-bond donors (Lipinski definition) is 3. The number of amides is 1. The Morgan fingerprint density at radius 1 is 1.38 bits per heavy atom. The van der Waals surface area contributed by atoms with Crippen LogP contribution in [0.4, 0.5) is 0 Å². The topological polar surface area (TPSA) is 104 Å². The van der Waals surface area contributed by atoms with Gasteiger partial charge in [-0.05, 0) is 11.8 Å². The number of aliphatic carboxylic acids is 2. The predicted molar refractivity (Wildman–Crippen MR) is 53.7 cm³/mol. The van der Waals surface area contributed by atoms with Crippen LogP contribution in [0.15, 0.2) is 0 Å². The standard InChI is InChI=1S/C10H15NO5/c1-10(2)4-5(10)8(14)11-6(9(15)16)3-7(12)13/h5-6H,3-4H2,1-2H3,(H,11,14)(H,12,13)(H,15,16)/t5?,6-/m0/s1. The molecule has 2 atom stereocenters. The lowest BCUT2D eigenvalue weighted by Crippen LogP contribution is -2.43. The number of carbonyl (C=O) groups excluding carboxylic acids is 1. The summed E-state index contributed by atoms with van der Waals surface area (Å²) in [6, 6.07) is -1.35. The first kappa shape index (κ1) is 12.5. The van der Waals surface area contributed by atoms with Gasteiger partial charge < -0.3 is 15.5 Å². The third kappa shape index (κ3) is 2.95. The summed E-state index contributed by atoms with van der Waals surface area (Å²) >= 11 is 0. The molecule has 1 aliphatic rings. The van der Waals surface area contributed by atoms with Crippen LogP contribution < -0.4 is 5.32 Å². The van der Waals surface area contributed by atoms with Crippen molar-refractivity contribution in [2.45, 2.75) is 32.7 Å². The van der Waals surface area contributed by atoms with Gasteiger partial charge in [0.15, 0.2) is 0 Å². The molecule has 3 N–H and O–H groups in total. The molecule has 6 nitrogen and oxygen atoms in total. The lowest BCUT2D eigenvalue weighted by Gasteiger charge is -2.12. The summed E-state index contributed by atoms with van der Waals surface area (Å²) in [6.07, 6.45) is 0.104. The smallest absolute Gasteiger partial charge is 0.326 e. The Labute approximate surface area is 92.6 Å². The quantitative estimate of drug-likeness (QED) is 0.619. The summed E-state index contributed by atoms with van der Waals surface area (Å²) in [6.45, 7) is 3.81. The van der Waals surface area contributed by atoms with Crippen molar-refractivity contribution < 1.29 is 24.6 Å². The second kappa shape index (κ2) is 4.11. The van der Waals surface area contributed by atoms with Gasteiger partial charge in [-0.15, -0.1) is 0 Å². The van der Waals surface area contributed by atoms with Crippen molar-refractivity contribution in [3.05, 3.63) is 0 Å². The van der Waals surface area contributed by atoms with Crippen LogP contribution in [0, 0.1) is 11.3 Å². The number of carboxylic acids is 2. The molecule has 6 heteroatoms. The van der Waals surface area contributed by atoms with Gasteiger partial charge in [0, 0.05) is 5.92 Å². The van der Waals surface area contributed by atoms with Gasteiger partial charge in [0.2, 0.25) is 5.91 Å². The molecule has 0 saturated heterocycles. The molecule has 0 spiro atoms. The second-order valence-electron chi connectivity index (χ2n) is 4.74. The molecule has 1 unspecified atom stereocenters. The summed E-state index contributed by atoms with van der Waals surface area (Å²) in [5.41, 5.74) is -0.101. The molecule has 1 fully saturated rings. The average Bonchev–Trinajstić information content (AvgIpc) is 2.73. The SMILES string of the molecule is CC1(C)CC1C(=O)N[C@@H](CC(=O)O)C(=O)O. The largest absolute Gasteiger partial charge is 0.481 e. The molecule has 0 aliphatic heterocycles. The number of carboxylic acid groups (broad SMARTS) is 2. The van der Waals surface area contributed by atoms with E-state index in [2.05, 4.69) is 5.32 Å². The van der Waals surface area contributed by atoms with Crippen LogP contribution in [-0.4, -0.2) is 34.1 Å². The van der Waals surface area contributed by atoms with Crippen LogP contribution >= 0.6 is 0 Å². The maximum atomic E-state index is 11.5. The van der Waals surface area contributed by atoms with Crippen LogP contribution in [0.5, 0.6) is 0 Å². The number of hydrogen-bond acceptors (Lipinski definition) is 3. The number of nitrogens with one attached hydrogen (secondary N) is 1. The molecule has 1 aliphatic carbocycles. The minimum absolute atomic E-state index is 0.101. The van der Waals surface area contributed by atoms with E-state index in [-0.39, 0.29) is 17.2 Å². The number of carbonyl (C=O) groups is 3. The monoisotopic (exact) mass is 229 g/mol. The minimum atomic E-state index is -1.35. The highest BCUT2D eigenvalue weighted by atomic mass is 16.4. The summed E-state index contributed by atoms with van der Waals surface area (Å²) in [5, 5.41) is 19.5. The molecular weight excluding hydrogens is 214 g/mol. The van der Waals surface area contributed by atoms with Crippen molar-refractivity contribution >= 4 is 17.8 Å². The molecule has 1 rings (SSSR count). The summed E-state index contributed by atoms with van der Waals surface area (Å²) in [7, 11) is 0. The van der Waals surface area contributed by atoms with Crippen molar-refractivity contribution in [1.82, 2.24) is 5.32 Å². The third-order valence-corrected chi connectivity index (χ3v) is 2.82. The van der Waals surface area contributed by atoms with E-state index in [1.165, 1.54) is 0 Å². The molecule has 90 valence electrons. The first-order valence-corrected chi connectivity index (χ1v) is 4.99. The van der Waals surface area contributed by atoms with E-state index < -0.39 is 24.4 Å². The van der Waals surface area contributed by atoms with Crippen LogP contribution in [0.2, 0.25) is 0 Å². The van der Waals surface area contributed by atoms with Gasteiger partial charge in [0.1, 0.15) is 6.04 Å². The lowest BCUT2D eigenvalue weighted by atomic mass is 10.1. The molecule has 0 radical (unpaired) electrons. The van der Waals surface area contributed by atoms with Gasteiger partial charge in [-0.3, -0.25) is 9.59 Å². The van der Waals surface area contributed by atoms with E-state index in [1.807, 2.05) is 13.8 Å². The molecule has 0 bridgehead atoms. The van der Waals surface area contributed by atoms with Crippen LogP contribution in [0.3, 0.4) is 0 Å². The Kier molecular flexibility index (Phi) is 3.21. The van der Waals surface area contributed by atoms with Gasteiger partial charge in [0.25, 0.3) is 0 Å². The Bertz CT molecular complexity index is 336. The van der Waals surface area contributed by atoms with Gasteiger partial charge in [-0.2, -0.15) is 0 Å². The van der Waals surface area contributed by atoms with Crippen molar-refractivity contribution in [3.63, 3.8) is 0 Å². The molecule has 1 saturated carbocycles. The first-order chi connectivity index (χ1) is 7.24. The molecular formula is C10H15NO5. The maximum Gasteiger partial charge on any atom is 0.326 e. The highest BCUT2D eigenvalue weighted by Crippen LogP contribution is 2.51. The zero-order valence-corrected chi connectivity index (χ0v) is 9.19. The highest BCUT2D eigenvalue weighted by Gasteiger charge is 2.51. The fourth-order valence-corrected chi connectivity index (χ4v) is 1.56. The normalized spacial score (nSPS) is 23.2. The van der Waals surface area contributed by atoms with E-state index in [0.717, 1.165) is 0 Å². The van der Waals surface area contributed by atoms with Gasteiger partial charge in [-0.25, -0.2) is 4.79 Å². The van der Waals surface area contributed by atoms with Crippen molar-refractivity contribution in [2.75, 3.05) is 0 Å². The molecule has 1 amide bonds. The number of rotatable bonds is 5. The zero-order valence-electron chi connectivity index (χ0n) is 9.19. The van der Waals surface area contributed by atoms with E-state index >= 15 is 0 Å². The average molecular weight is 229 g/mol. The molecule has 0 aromatic rings. The molecule has 0 aromatic carbocycles. The van der Waals surface area contributed by atoms with E-state index in [1.54, 1.807) is 0 Å². The van der Waals surface area contributed by atoms with E-state index in [0.29, 0.717) is 6.42 Å². The zero-order chi connectivity index (χ0) is 12.5. The molecule has 0 heterocycles. The lowest BCUT2D eigenvalue weighted by molar-refractivity contribution is -0.147. The summed E-state index contributed by atoms with van der Waals surface area (Å²) in [5.74, 6) is -3.15. The molecule has 16 heavy (non-hydrogen) atoms. The Hall–Kier alpha value is -1.59. The Balaban J connectivity index is 2.53. The Morgan fingerprint density at radius 2 is 1.88 bits per heavy atom. The fourth-order valence-electron chi connectivity index (χ4n) is 1.56. The third-order valence-electron chi connectivity index (χ3n) is 2.82. The van der Waals surface area contributed by atoms with Gasteiger partial charge >= 0.3 is 11.9 Å². The molecule has 0 aromatic heterocycles. The van der Waals surface area contributed by atoms with Gasteiger partial charge in [0.05, 0.1) is 6.42 Å². The van der Waals surface area contributed by atoms with Crippen molar-refractivity contribution in [3.8, 4) is 0 Å². The summed E-state index contributed by atoms with van der Waals surface area (Å²) in [4.78, 5) is 32.6. The van der Waals surface area contributed by atoms with E-state index in [9.17, 15) is 14.4 Å². The Morgan fingerprint density at radius 3 is 2.19 bits per heavy atom. The highest BCUT2D eigenvalue weighted by molar-refractivity contribution is 5.89. The first-order valence-electron chi connectivity index (χ1n) is 4.99. The van der Waals surface area contributed by atoms with E-state index in [4.69, 9.17) is 10.2 Å².